The number of rotatable bonds is 4. The Kier molecular flexibility index (Phi) is 7.41. The van der Waals surface area contributed by atoms with E-state index in [9.17, 15) is 0 Å². The first-order valence-electron chi connectivity index (χ1n) is 5.19. The Hall–Kier alpha value is -1.90. The van der Waals surface area contributed by atoms with Crippen molar-refractivity contribution in [3.05, 3.63) is 55.1 Å². The lowest BCUT2D eigenvalue weighted by Crippen LogP contribution is -1.97. The molecular weight excluding hydrogens is 200 g/mol. The third-order valence-corrected chi connectivity index (χ3v) is 1.47. The normalized spacial score (nSPS) is 9.81. The van der Waals surface area contributed by atoms with Gasteiger partial charge in [-0.2, -0.15) is 0 Å². The molecule has 0 aromatic carbocycles. The van der Waals surface area contributed by atoms with Crippen molar-refractivity contribution in [2.24, 2.45) is 0 Å². The zero-order valence-electron chi connectivity index (χ0n) is 10.1. The van der Waals surface area contributed by atoms with E-state index in [1.165, 1.54) is 0 Å². The van der Waals surface area contributed by atoms with Crippen molar-refractivity contribution in [1.82, 2.24) is 9.97 Å². The molecule has 0 bridgehead atoms. The van der Waals surface area contributed by atoms with Crippen LogP contribution < -0.4 is 4.74 Å². The van der Waals surface area contributed by atoms with Crippen molar-refractivity contribution in [3.8, 4) is 6.01 Å². The van der Waals surface area contributed by atoms with Gasteiger partial charge >= 0.3 is 6.01 Å². The highest BCUT2D eigenvalue weighted by Crippen LogP contribution is 2.07. The van der Waals surface area contributed by atoms with Gasteiger partial charge in [0.05, 0.1) is 0 Å². The molecule has 0 atom stereocenters. The molecule has 0 N–H and O–H groups in total. The number of ether oxygens (including phenoxy) is 1. The molecule has 3 heteroatoms. The minimum absolute atomic E-state index is 0.318. The van der Waals surface area contributed by atoms with Crippen molar-refractivity contribution in [2.75, 3.05) is 0 Å². The van der Waals surface area contributed by atoms with Crippen molar-refractivity contribution < 1.29 is 4.74 Å². The minimum Gasteiger partial charge on any atom is -0.424 e. The lowest BCUT2D eigenvalue weighted by molar-refractivity contribution is 0.406. The number of nitrogens with zero attached hydrogens (tertiary/aromatic N) is 2. The molecule has 0 spiro atoms. The second kappa shape index (κ2) is 8.41. The Bertz CT molecular complexity index is 370. The summed E-state index contributed by atoms with van der Waals surface area (Å²) in [5.74, 6) is 0.575. The molecule has 0 aliphatic rings. The number of hydrogen-bond acceptors (Lipinski definition) is 3. The average molecular weight is 218 g/mol. The molecule has 0 aliphatic heterocycles. The van der Waals surface area contributed by atoms with Gasteiger partial charge in [0, 0.05) is 11.9 Å². The summed E-state index contributed by atoms with van der Waals surface area (Å²) in [6, 6.07) is 2.12. The van der Waals surface area contributed by atoms with Gasteiger partial charge in [-0.25, -0.2) is 9.97 Å². The molecule has 0 radical (unpaired) electrons. The largest absolute Gasteiger partial charge is 0.424 e. The lowest BCUT2D eigenvalue weighted by Gasteiger charge is -2.03. The second-order valence-electron chi connectivity index (χ2n) is 2.59. The van der Waals surface area contributed by atoms with Crippen LogP contribution in [0.3, 0.4) is 0 Å². The van der Waals surface area contributed by atoms with E-state index < -0.39 is 0 Å². The number of hydrogen-bond donors (Lipinski definition) is 0. The Morgan fingerprint density at radius 2 is 2.06 bits per heavy atom. The van der Waals surface area contributed by atoms with Gasteiger partial charge in [0.25, 0.3) is 0 Å². The van der Waals surface area contributed by atoms with Crippen molar-refractivity contribution in [2.45, 2.75) is 20.8 Å². The van der Waals surface area contributed by atoms with E-state index in [0.717, 1.165) is 5.69 Å². The van der Waals surface area contributed by atoms with Gasteiger partial charge in [-0.15, -0.1) is 0 Å². The molecule has 1 rings (SSSR count). The van der Waals surface area contributed by atoms with E-state index in [4.69, 9.17) is 4.74 Å². The van der Waals surface area contributed by atoms with Crippen LogP contribution in [0.5, 0.6) is 6.01 Å². The van der Waals surface area contributed by atoms with Crippen LogP contribution in [0.1, 0.15) is 19.5 Å². The summed E-state index contributed by atoms with van der Waals surface area (Å²) in [5.41, 5.74) is 0.858. The number of aryl methyl sites for hydroxylation is 1. The standard InChI is InChI=1S/C11H12N2O.C2H6/c1-4-6-10(5-2)14-11-12-8-7-9(3)13-11;1-2/h4-8H,1-2H2,3H3;1-2H3/b10-6+;. The van der Waals surface area contributed by atoms with Gasteiger partial charge in [-0.1, -0.05) is 33.1 Å². The molecule has 1 aromatic heterocycles. The smallest absolute Gasteiger partial charge is 0.322 e. The molecule has 0 saturated heterocycles. The molecule has 0 unspecified atom stereocenters. The zero-order valence-corrected chi connectivity index (χ0v) is 10.1. The van der Waals surface area contributed by atoms with Crippen molar-refractivity contribution in [3.63, 3.8) is 0 Å². The van der Waals surface area contributed by atoms with Crippen molar-refractivity contribution in [1.29, 1.82) is 0 Å². The van der Waals surface area contributed by atoms with Crippen LogP contribution in [-0.4, -0.2) is 9.97 Å². The van der Waals surface area contributed by atoms with Gasteiger partial charge in [-0.05, 0) is 25.1 Å². The van der Waals surface area contributed by atoms with Gasteiger partial charge < -0.3 is 4.74 Å². The van der Waals surface area contributed by atoms with Crippen LogP contribution in [0.4, 0.5) is 0 Å². The van der Waals surface area contributed by atoms with E-state index in [1.54, 1.807) is 30.5 Å². The van der Waals surface area contributed by atoms with Gasteiger partial charge in [-0.3, -0.25) is 0 Å². The molecular formula is C13H18N2O. The van der Waals surface area contributed by atoms with Crippen LogP contribution in [0.25, 0.3) is 0 Å². The number of aromatic nitrogens is 2. The van der Waals surface area contributed by atoms with E-state index in [2.05, 4.69) is 23.1 Å². The maximum Gasteiger partial charge on any atom is 0.322 e. The van der Waals surface area contributed by atoms with E-state index in [-0.39, 0.29) is 0 Å². The predicted octanol–water partition coefficient (Wildman–Crippen LogP) is 3.45. The first-order valence-corrected chi connectivity index (χ1v) is 5.19. The van der Waals surface area contributed by atoms with Crippen LogP contribution in [0, 0.1) is 6.92 Å². The molecule has 1 aromatic rings. The summed E-state index contributed by atoms with van der Waals surface area (Å²) in [6.07, 6.45) is 6.53. The molecule has 0 amide bonds. The van der Waals surface area contributed by atoms with Crippen LogP contribution in [0.15, 0.2) is 49.4 Å². The highest BCUT2D eigenvalue weighted by Gasteiger charge is 1.98. The summed E-state index contributed by atoms with van der Waals surface area (Å²) in [5, 5.41) is 0. The third kappa shape index (κ3) is 5.10. The summed E-state index contributed by atoms with van der Waals surface area (Å²) in [4.78, 5) is 8.04. The first kappa shape index (κ1) is 14.1. The Balaban J connectivity index is 0.00000106. The highest BCUT2D eigenvalue weighted by molar-refractivity contribution is 5.18. The van der Waals surface area contributed by atoms with E-state index in [1.807, 2.05) is 20.8 Å². The molecule has 16 heavy (non-hydrogen) atoms. The maximum absolute atomic E-state index is 5.33. The summed E-state index contributed by atoms with van der Waals surface area (Å²) in [6.45, 7) is 13.0. The number of allylic oxidation sites excluding steroid dienone is 3. The fourth-order valence-electron chi connectivity index (χ4n) is 0.840. The maximum atomic E-state index is 5.33. The Morgan fingerprint density at radius 1 is 1.38 bits per heavy atom. The molecule has 1 heterocycles. The zero-order chi connectivity index (χ0) is 12.4. The second-order valence-corrected chi connectivity index (χ2v) is 2.59. The highest BCUT2D eigenvalue weighted by atomic mass is 16.5. The molecule has 86 valence electrons. The SMILES string of the molecule is C=C/C=C(\C=C)Oc1nccc(C)n1.CC. The van der Waals surface area contributed by atoms with Crippen molar-refractivity contribution >= 4 is 0 Å². The lowest BCUT2D eigenvalue weighted by atomic mass is 10.4. The molecule has 0 fully saturated rings. The third-order valence-electron chi connectivity index (χ3n) is 1.47. The predicted molar refractivity (Wildman–Crippen MR) is 67.2 cm³/mol. The van der Waals surface area contributed by atoms with E-state index in [0.29, 0.717) is 11.8 Å². The summed E-state index contributed by atoms with van der Waals surface area (Å²) < 4.78 is 5.33. The van der Waals surface area contributed by atoms with Crippen LogP contribution in [0.2, 0.25) is 0 Å². The molecule has 0 saturated carbocycles. The van der Waals surface area contributed by atoms with E-state index >= 15 is 0 Å². The fourth-order valence-corrected chi connectivity index (χ4v) is 0.840. The fraction of sp³-hybridized carbons (Fsp3) is 0.231. The average Bonchev–Trinajstić information content (AvgIpc) is 2.31. The first-order chi connectivity index (χ1) is 7.76. The monoisotopic (exact) mass is 218 g/mol. The topological polar surface area (TPSA) is 35.0 Å². The van der Waals surface area contributed by atoms with Gasteiger partial charge in [0.2, 0.25) is 0 Å². The molecule has 3 nitrogen and oxygen atoms in total. The Labute approximate surface area is 97.2 Å². The van der Waals surface area contributed by atoms with Gasteiger partial charge in [0.1, 0.15) is 5.76 Å². The van der Waals surface area contributed by atoms with Crippen LogP contribution >= 0.6 is 0 Å². The molecule has 0 aliphatic carbocycles. The Morgan fingerprint density at radius 3 is 2.56 bits per heavy atom. The summed E-state index contributed by atoms with van der Waals surface area (Å²) in [7, 11) is 0. The van der Waals surface area contributed by atoms with Gasteiger partial charge in [0.15, 0.2) is 0 Å². The van der Waals surface area contributed by atoms with Crippen LogP contribution in [-0.2, 0) is 0 Å². The quantitative estimate of drug-likeness (QED) is 0.573. The summed E-state index contributed by atoms with van der Waals surface area (Å²) >= 11 is 0. The minimum atomic E-state index is 0.318.